The molecule has 0 saturated heterocycles. The summed E-state index contributed by atoms with van der Waals surface area (Å²) in [6, 6.07) is -0.917. The van der Waals surface area contributed by atoms with Crippen LogP contribution in [0.4, 0.5) is 0 Å². The summed E-state index contributed by atoms with van der Waals surface area (Å²) in [5, 5.41) is 2.35. The smallest absolute Gasteiger partial charge is 0.334 e. The highest BCUT2D eigenvalue weighted by atomic mass is 31.2. The molecule has 0 heterocycles. The monoisotopic (exact) mass is 321 g/mol. The van der Waals surface area contributed by atoms with Crippen LogP contribution in [0.3, 0.4) is 0 Å². The van der Waals surface area contributed by atoms with Crippen molar-refractivity contribution in [3.63, 3.8) is 0 Å². The highest BCUT2D eigenvalue weighted by Gasteiger charge is 2.25. The molecule has 0 aliphatic carbocycles. The summed E-state index contributed by atoms with van der Waals surface area (Å²) in [5.41, 5.74) is 0.604. The number of hydrogen-bond acceptors (Lipinski definition) is 6. The van der Waals surface area contributed by atoms with Crippen molar-refractivity contribution in [3.8, 4) is 0 Å². The van der Waals surface area contributed by atoms with Gasteiger partial charge in [0.15, 0.2) is 0 Å². The number of esters is 1. The topological polar surface area (TPSA) is 90.9 Å². The Morgan fingerprint density at radius 2 is 1.76 bits per heavy atom. The van der Waals surface area contributed by atoms with Gasteiger partial charge < -0.3 is 19.1 Å². The first-order chi connectivity index (χ1) is 9.92. The van der Waals surface area contributed by atoms with Gasteiger partial charge in [-0.05, 0) is 27.7 Å². The summed E-state index contributed by atoms with van der Waals surface area (Å²) >= 11 is 0. The molecular weight excluding hydrogens is 297 g/mol. The van der Waals surface area contributed by atoms with Gasteiger partial charge in [0.2, 0.25) is 6.41 Å². The molecule has 0 spiro atoms. The fourth-order valence-electron chi connectivity index (χ4n) is 1.65. The van der Waals surface area contributed by atoms with Crippen molar-refractivity contribution >= 4 is 20.0 Å². The van der Waals surface area contributed by atoms with Gasteiger partial charge in [0.25, 0.3) is 0 Å². The van der Waals surface area contributed by atoms with Gasteiger partial charge in [-0.2, -0.15) is 0 Å². The maximum Gasteiger partial charge on any atom is 0.334 e. The molecule has 0 aromatic carbocycles. The van der Waals surface area contributed by atoms with Crippen LogP contribution in [0.5, 0.6) is 0 Å². The minimum Gasteiger partial charge on any atom is -0.464 e. The molecule has 1 atom stereocenters. The van der Waals surface area contributed by atoms with Gasteiger partial charge >= 0.3 is 13.6 Å². The first-order valence-electron chi connectivity index (χ1n) is 6.84. The van der Waals surface area contributed by atoms with Crippen molar-refractivity contribution in [1.29, 1.82) is 0 Å². The van der Waals surface area contributed by atoms with Gasteiger partial charge in [0.1, 0.15) is 6.04 Å². The number of carbonyl (C=O) groups excluding carboxylic acids is 2. The zero-order valence-electron chi connectivity index (χ0n) is 13.0. The lowest BCUT2D eigenvalue weighted by molar-refractivity contribution is -0.145. The van der Waals surface area contributed by atoms with Crippen LogP contribution < -0.4 is 5.32 Å². The number of nitrogens with one attached hydrogen (secondary N) is 1. The highest BCUT2D eigenvalue weighted by Crippen LogP contribution is 2.49. The molecule has 8 heteroatoms. The second-order valence-electron chi connectivity index (χ2n) is 4.13. The fraction of sp³-hybridized carbons (Fsp3) is 0.692. The Morgan fingerprint density at radius 3 is 2.19 bits per heavy atom. The molecule has 0 unspecified atom stereocenters. The van der Waals surface area contributed by atoms with Crippen molar-refractivity contribution < 1.29 is 27.9 Å². The molecule has 0 bridgehead atoms. The molecule has 0 aromatic heterocycles. The molecule has 0 fully saturated rings. The van der Waals surface area contributed by atoms with E-state index >= 15 is 0 Å². The van der Waals surface area contributed by atoms with E-state index in [-0.39, 0.29) is 26.0 Å². The van der Waals surface area contributed by atoms with Gasteiger partial charge in [-0.1, -0.05) is 11.6 Å². The Morgan fingerprint density at radius 1 is 1.19 bits per heavy atom. The Kier molecular flexibility index (Phi) is 9.95. The van der Waals surface area contributed by atoms with E-state index in [1.54, 1.807) is 27.7 Å². The van der Waals surface area contributed by atoms with E-state index < -0.39 is 19.6 Å². The van der Waals surface area contributed by atoms with Crippen LogP contribution in [0.2, 0.25) is 0 Å². The zero-order valence-corrected chi connectivity index (χ0v) is 13.9. The molecule has 1 amide bonds. The minimum atomic E-state index is -3.23. The summed E-state index contributed by atoms with van der Waals surface area (Å²) in [4.78, 5) is 22.2. The molecule has 1 N–H and O–H groups in total. The molecule has 0 aliphatic rings. The van der Waals surface area contributed by atoms with Crippen LogP contribution in [-0.4, -0.2) is 44.4 Å². The van der Waals surface area contributed by atoms with Crippen LogP contribution in [-0.2, 0) is 27.9 Å². The minimum absolute atomic E-state index is 0.0467. The van der Waals surface area contributed by atoms with E-state index in [1.807, 2.05) is 0 Å². The maximum absolute atomic E-state index is 12.4. The summed E-state index contributed by atoms with van der Waals surface area (Å²) in [5.74, 6) is -0.577. The number of allylic oxidation sites excluding steroid dienone is 1. The number of carbonyl (C=O) groups is 2. The fourth-order valence-corrected chi connectivity index (χ4v) is 3.41. The second-order valence-corrected chi connectivity index (χ2v) is 6.19. The van der Waals surface area contributed by atoms with Crippen molar-refractivity contribution in [2.45, 2.75) is 33.7 Å². The maximum atomic E-state index is 12.4. The first kappa shape index (κ1) is 19.8. The summed E-state index contributed by atoms with van der Waals surface area (Å²) in [6.45, 7) is 7.53. The Bertz CT molecular complexity index is 399. The van der Waals surface area contributed by atoms with Crippen LogP contribution in [0.25, 0.3) is 0 Å². The van der Waals surface area contributed by atoms with Crippen molar-refractivity contribution in [2.24, 2.45) is 0 Å². The quantitative estimate of drug-likeness (QED) is 0.270. The van der Waals surface area contributed by atoms with Gasteiger partial charge in [-0.15, -0.1) is 0 Å². The lowest BCUT2D eigenvalue weighted by atomic mass is 10.2. The Hall–Kier alpha value is -1.17. The van der Waals surface area contributed by atoms with Crippen LogP contribution in [0.1, 0.15) is 27.7 Å². The average Bonchev–Trinajstić information content (AvgIpc) is 2.38. The molecule has 0 rings (SSSR count). The van der Waals surface area contributed by atoms with Gasteiger partial charge in [-0.25, -0.2) is 4.79 Å². The molecule has 0 aromatic rings. The Labute approximate surface area is 125 Å². The molecule has 0 radical (unpaired) electrons. The SMILES string of the molecule is CCOC(=O)[C@H](/C=C(\C)CP(=O)(OCC)OCC)NC=O. The molecule has 0 aliphatic heterocycles. The van der Waals surface area contributed by atoms with Crippen LogP contribution in [0.15, 0.2) is 11.6 Å². The van der Waals surface area contributed by atoms with E-state index in [4.69, 9.17) is 13.8 Å². The van der Waals surface area contributed by atoms with Crippen molar-refractivity contribution in [3.05, 3.63) is 11.6 Å². The second kappa shape index (κ2) is 10.5. The van der Waals surface area contributed by atoms with E-state index in [9.17, 15) is 14.2 Å². The number of ether oxygens (including phenoxy) is 1. The predicted molar refractivity (Wildman–Crippen MR) is 79.1 cm³/mol. The summed E-state index contributed by atoms with van der Waals surface area (Å²) < 4.78 is 27.6. The third-order valence-electron chi connectivity index (χ3n) is 2.33. The third kappa shape index (κ3) is 7.99. The van der Waals surface area contributed by atoms with Crippen molar-refractivity contribution in [1.82, 2.24) is 5.32 Å². The largest absolute Gasteiger partial charge is 0.464 e. The number of hydrogen-bond donors (Lipinski definition) is 1. The lowest BCUT2D eigenvalue weighted by Crippen LogP contribution is -2.36. The lowest BCUT2D eigenvalue weighted by Gasteiger charge is -2.18. The van der Waals surface area contributed by atoms with Gasteiger partial charge in [-0.3, -0.25) is 9.36 Å². The molecule has 7 nitrogen and oxygen atoms in total. The standard InChI is InChI=1S/C13H24NO6P/c1-5-18-13(16)12(14-10-15)8-11(4)9-21(17,19-6-2)20-7-3/h8,10,12H,5-7,9H2,1-4H3,(H,14,15)/b11-8+/t12-/m0/s1. The van der Waals surface area contributed by atoms with E-state index in [1.165, 1.54) is 6.08 Å². The number of rotatable bonds is 11. The van der Waals surface area contributed by atoms with E-state index in [2.05, 4.69) is 5.32 Å². The molecule has 0 saturated carbocycles. The summed E-state index contributed by atoms with van der Waals surface area (Å²) in [7, 11) is -3.23. The summed E-state index contributed by atoms with van der Waals surface area (Å²) in [6.07, 6.45) is 1.94. The van der Waals surface area contributed by atoms with Crippen LogP contribution in [0, 0.1) is 0 Å². The molecular formula is C13H24NO6P. The third-order valence-corrected chi connectivity index (χ3v) is 4.52. The number of amides is 1. The molecule has 122 valence electrons. The zero-order chi connectivity index (χ0) is 16.3. The van der Waals surface area contributed by atoms with E-state index in [0.29, 0.717) is 12.0 Å². The van der Waals surface area contributed by atoms with Gasteiger partial charge in [0, 0.05) is 0 Å². The van der Waals surface area contributed by atoms with Crippen molar-refractivity contribution in [2.75, 3.05) is 26.0 Å². The van der Waals surface area contributed by atoms with Crippen LogP contribution >= 0.6 is 7.60 Å². The average molecular weight is 321 g/mol. The normalized spacial score (nSPS) is 13.6. The predicted octanol–water partition coefficient (Wildman–Crippen LogP) is 1.88. The van der Waals surface area contributed by atoms with E-state index in [0.717, 1.165) is 0 Å². The highest BCUT2D eigenvalue weighted by molar-refractivity contribution is 7.54. The Balaban J connectivity index is 4.97. The first-order valence-corrected chi connectivity index (χ1v) is 8.56. The van der Waals surface area contributed by atoms with Gasteiger partial charge in [0.05, 0.1) is 26.0 Å². The molecule has 21 heavy (non-hydrogen) atoms.